The van der Waals surface area contributed by atoms with Gasteiger partial charge in [-0.05, 0) is 13.3 Å². The highest BCUT2D eigenvalue weighted by Crippen LogP contribution is 2.03. The molecule has 1 heterocycles. The van der Waals surface area contributed by atoms with Crippen LogP contribution < -0.4 is 5.32 Å². The Balaban J connectivity index is 2.11. The van der Waals surface area contributed by atoms with Gasteiger partial charge in [0, 0.05) is 38.7 Å². The van der Waals surface area contributed by atoms with E-state index in [2.05, 4.69) is 18.8 Å². The normalized spacial score (nSPS) is 20.8. The highest BCUT2D eigenvalue weighted by atomic mass is 16.5. The van der Waals surface area contributed by atoms with Crippen LogP contribution in [0.4, 0.5) is 0 Å². The third-order valence-corrected chi connectivity index (χ3v) is 2.64. The van der Waals surface area contributed by atoms with Crippen LogP contribution >= 0.6 is 0 Å². The van der Waals surface area contributed by atoms with Crippen molar-refractivity contribution in [1.82, 2.24) is 10.2 Å². The van der Waals surface area contributed by atoms with E-state index in [4.69, 9.17) is 4.74 Å². The second-order valence-corrected chi connectivity index (χ2v) is 4.16. The summed E-state index contributed by atoms with van der Waals surface area (Å²) >= 11 is 0. The summed E-state index contributed by atoms with van der Waals surface area (Å²) < 4.78 is 5.24. The lowest BCUT2D eigenvalue weighted by atomic mass is 10.2. The number of hydrogen-bond acceptors (Lipinski definition) is 3. The molecule has 1 aliphatic rings. The number of carbonyl (C=O) groups is 1. The van der Waals surface area contributed by atoms with Gasteiger partial charge in [0.15, 0.2) is 0 Å². The molecular weight excluding hydrogens is 204 g/mol. The number of amides is 1. The molecule has 1 N–H and O–H groups in total. The van der Waals surface area contributed by atoms with Crippen LogP contribution in [0, 0.1) is 0 Å². The molecule has 1 fully saturated rings. The number of nitrogens with one attached hydrogen (secondary N) is 1. The number of rotatable bonds is 6. The number of hydrogen-bond donors (Lipinski definition) is 1. The van der Waals surface area contributed by atoms with Gasteiger partial charge in [-0.1, -0.05) is 6.08 Å². The molecule has 0 aromatic rings. The Bertz CT molecular complexity index is 231. The highest BCUT2D eigenvalue weighted by molar-refractivity contribution is 5.76. The summed E-state index contributed by atoms with van der Waals surface area (Å²) in [6.07, 6.45) is 3.11. The van der Waals surface area contributed by atoms with E-state index in [9.17, 15) is 4.79 Å². The average molecular weight is 226 g/mol. The van der Waals surface area contributed by atoms with E-state index in [-0.39, 0.29) is 5.91 Å². The molecule has 92 valence electrons. The largest absolute Gasteiger partial charge is 0.377 e. The minimum Gasteiger partial charge on any atom is -0.377 e. The standard InChI is InChI=1S/C12H22N2O2/c1-3-8-16-9-4-5-12(15)14-7-6-13-11(2)10-14/h3,11,13H,1,4-10H2,2H3. The Morgan fingerprint density at radius 3 is 3.19 bits per heavy atom. The van der Waals surface area contributed by atoms with Crippen LogP contribution in [0.2, 0.25) is 0 Å². The first-order chi connectivity index (χ1) is 7.74. The maximum atomic E-state index is 11.8. The SMILES string of the molecule is C=CCOCCCC(=O)N1CCNC(C)C1. The van der Waals surface area contributed by atoms with Crippen molar-refractivity contribution in [2.75, 3.05) is 32.8 Å². The molecule has 0 aromatic heterocycles. The van der Waals surface area contributed by atoms with Crippen LogP contribution in [-0.4, -0.2) is 49.7 Å². The molecule has 1 saturated heterocycles. The molecule has 0 saturated carbocycles. The molecule has 1 unspecified atom stereocenters. The smallest absolute Gasteiger partial charge is 0.222 e. The van der Waals surface area contributed by atoms with Crippen LogP contribution in [0.5, 0.6) is 0 Å². The maximum absolute atomic E-state index is 11.8. The van der Waals surface area contributed by atoms with E-state index < -0.39 is 0 Å². The molecular formula is C12H22N2O2. The van der Waals surface area contributed by atoms with E-state index in [1.165, 1.54) is 0 Å². The first-order valence-electron chi connectivity index (χ1n) is 5.94. The summed E-state index contributed by atoms with van der Waals surface area (Å²) in [4.78, 5) is 13.7. The zero-order valence-corrected chi connectivity index (χ0v) is 10.1. The molecule has 1 aliphatic heterocycles. The van der Waals surface area contributed by atoms with E-state index >= 15 is 0 Å². The van der Waals surface area contributed by atoms with E-state index in [1.54, 1.807) is 6.08 Å². The molecule has 0 spiro atoms. The lowest BCUT2D eigenvalue weighted by Gasteiger charge is -2.32. The van der Waals surface area contributed by atoms with Gasteiger partial charge in [0.1, 0.15) is 0 Å². The van der Waals surface area contributed by atoms with Crippen molar-refractivity contribution in [3.05, 3.63) is 12.7 Å². The van der Waals surface area contributed by atoms with Crippen LogP contribution in [0.15, 0.2) is 12.7 Å². The molecule has 1 amide bonds. The molecule has 4 nitrogen and oxygen atoms in total. The summed E-state index contributed by atoms with van der Waals surface area (Å²) in [5, 5.41) is 3.32. The summed E-state index contributed by atoms with van der Waals surface area (Å²) in [5.41, 5.74) is 0. The van der Waals surface area contributed by atoms with Crippen LogP contribution in [0.1, 0.15) is 19.8 Å². The zero-order valence-electron chi connectivity index (χ0n) is 10.1. The van der Waals surface area contributed by atoms with Crippen molar-refractivity contribution in [2.45, 2.75) is 25.8 Å². The van der Waals surface area contributed by atoms with Crippen molar-refractivity contribution in [2.24, 2.45) is 0 Å². The number of piperazine rings is 1. The van der Waals surface area contributed by atoms with Gasteiger partial charge in [-0.25, -0.2) is 0 Å². The summed E-state index contributed by atoms with van der Waals surface area (Å²) in [7, 11) is 0. The minimum atomic E-state index is 0.246. The predicted molar refractivity (Wildman–Crippen MR) is 64.3 cm³/mol. The molecule has 0 aliphatic carbocycles. The van der Waals surface area contributed by atoms with Crippen molar-refractivity contribution >= 4 is 5.91 Å². The van der Waals surface area contributed by atoms with Gasteiger partial charge < -0.3 is 15.0 Å². The topological polar surface area (TPSA) is 41.6 Å². The molecule has 0 radical (unpaired) electrons. The fourth-order valence-electron chi connectivity index (χ4n) is 1.81. The maximum Gasteiger partial charge on any atom is 0.222 e. The number of ether oxygens (including phenoxy) is 1. The monoisotopic (exact) mass is 226 g/mol. The first kappa shape index (κ1) is 13.2. The van der Waals surface area contributed by atoms with E-state index in [0.717, 1.165) is 26.1 Å². The molecule has 4 heteroatoms. The molecule has 1 rings (SSSR count). The second-order valence-electron chi connectivity index (χ2n) is 4.16. The Morgan fingerprint density at radius 1 is 1.69 bits per heavy atom. The second kappa shape index (κ2) is 7.41. The van der Waals surface area contributed by atoms with Gasteiger partial charge in [-0.15, -0.1) is 6.58 Å². The van der Waals surface area contributed by atoms with Gasteiger partial charge in [-0.3, -0.25) is 4.79 Å². The quantitative estimate of drug-likeness (QED) is 0.538. The van der Waals surface area contributed by atoms with Gasteiger partial charge in [0.05, 0.1) is 6.61 Å². The fourth-order valence-corrected chi connectivity index (χ4v) is 1.81. The Hall–Kier alpha value is -0.870. The lowest BCUT2D eigenvalue weighted by molar-refractivity contribution is -0.132. The van der Waals surface area contributed by atoms with Gasteiger partial charge in [0.25, 0.3) is 0 Å². The van der Waals surface area contributed by atoms with Gasteiger partial charge in [-0.2, -0.15) is 0 Å². The molecule has 16 heavy (non-hydrogen) atoms. The predicted octanol–water partition coefficient (Wildman–Crippen LogP) is 0.789. The number of carbonyl (C=O) groups excluding carboxylic acids is 1. The summed E-state index contributed by atoms with van der Waals surface area (Å²) in [6.45, 7) is 9.44. The Labute approximate surface area is 97.6 Å². The van der Waals surface area contributed by atoms with Crippen molar-refractivity contribution in [3.63, 3.8) is 0 Å². The van der Waals surface area contributed by atoms with Gasteiger partial charge >= 0.3 is 0 Å². The Kier molecular flexibility index (Phi) is 6.11. The molecule has 1 atom stereocenters. The summed E-state index contributed by atoms with van der Waals surface area (Å²) in [5.74, 6) is 0.246. The minimum absolute atomic E-state index is 0.246. The third-order valence-electron chi connectivity index (χ3n) is 2.64. The highest BCUT2D eigenvalue weighted by Gasteiger charge is 2.19. The van der Waals surface area contributed by atoms with Crippen LogP contribution in [0.3, 0.4) is 0 Å². The molecule has 0 aromatic carbocycles. The van der Waals surface area contributed by atoms with E-state index in [1.807, 2.05) is 4.90 Å². The zero-order chi connectivity index (χ0) is 11.8. The molecule has 0 bridgehead atoms. The Morgan fingerprint density at radius 2 is 2.50 bits per heavy atom. The average Bonchev–Trinajstić information content (AvgIpc) is 2.28. The van der Waals surface area contributed by atoms with Crippen molar-refractivity contribution in [1.29, 1.82) is 0 Å². The fraction of sp³-hybridized carbons (Fsp3) is 0.750. The first-order valence-corrected chi connectivity index (χ1v) is 5.94. The van der Waals surface area contributed by atoms with Crippen LogP contribution in [0.25, 0.3) is 0 Å². The van der Waals surface area contributed by atoms with Gasteiger partial charge in [0.2, 0.25) is 5.91 Å². The third kappa shape index (κ3) is 4.77. The van der Waals surface area contributed by atoms with Crippen molar-refractivity contribution in [3.8, 4) is 0 Å². The summed E-state index contributed by atoms with van der Waals surface area (Å²) in [6, 6.07) is 0.412. The number of nitrogens with zero attached hydrogens (tertiary/aromatic N) is 1. The van der Waals surface area contributed by atoms with Crippen LogP contribution in [-0.2, 0) is 9.53 Å². The lowest BCUT2D eigenvalue weighted by Crippen LogP contribution is -2.51. The van der Waals surface area contributed by atoms with Crippen molar-refractivity contribution < 1.29 is 9.53 Å². The van der Waals surface area contributed by atoms with E-state index in [0.29, 0.717) is 25.7 Å².